The van der Waals surface area contributed by atoms with Crippen LogP contribution in [0.1, 0.15) is 31.7 Å². The minimum atomic E-state index is -0.345. The topological polar surface area (TPSA) is 12.0 Å². The van der Waals surface area contributed by atoms with Crippen LogP contribution in [0.3, 0.4) is 0 Å². The van der Waals surface area contributed by atoms with Crippen LogP contribution in [0, 0.1) is 23.5 Å². The van der Waals surface area contributed by atoms with Crippen molar-refractivity contribution in [2.24, 2.45) is 11.8 Å². The minimum absolute atomic E-state index is 0.199. The molecule has 2 rings (SSSR count). The van der Waals surface area contributed by atoms with Crippen molar-refractivity contribution < 1.29 is 8.78 Å². The van der Waals surface area contributed by atoms with Gasteiger partial charge < -0.3 is 5.32 Å². The van der Waals surface area contributed by atoms with Crippen LogP contribution in [-0.4, -0.2) is 13.1 Å². The number of hydrogen-bond donors (Lipinski definition) is 1. The average Bonchev–Trinajstić information content (AvgIpc) is 3.00. The zero-order valence-electron chi connectivity index (χ0n) is 10.3. The van der Waals surface area contributed by atoms with E-state index in [0.29, 0.717) is 17.4 Å². The molecule has 1 fully saturated rings. The maximum absolute atomic E-state index is 13.5. The predicted octanol–water partition coefficient (Wildman–Crippen LogP) is 3.31. The summed E-state index contributed by atoms with van der Waals surface area (Å²) in [7, 11) is 0. The molecule has 0 amide bonds. The highest BCUT2D eigenvalue weighted by atomic mass is 19.1. The van der Waals surface area contributed by atoms with Gasteiger partial charge in [-0.05, 0) is 61.0 Å². The van der Waals surface area contributed by atoms with Crippen LogP contribution in [0.2, 0.25) is 0 Å². The minimum Gasteiger partial charge on any atom is -0.316 e. The summed E-state index contributed by atoms with van der Waals surface area (Å²) >= 11 is 0. The van der Waals surface area contributed by atoms with Gasteiger partial charge in [0.15, 0.2) is 0 Å². The van der Waals surface area contributed by atoms with Gasteiger partial charge in [-0.1, -0.05) is 13.8 Å². The molecular weight excluding hydrogens is 220 g/mol. The summed E-state index contributed by atoms with van der Waals surface area (Å²) in [4.78, 5) is 0. The smallest absolute Gasteiger partial charge is 0.126 e. The summed E-state index contributed by atoms with van der Waals surface area (Å²) in [6.45, 7) is 6.20. The van der Waals surface area contributed by atoms with E-state index in [0.717, 1.165) is 19.5 Å². The van der Waals surface area contributed by atoms with Crippen molar-refractivity contribution in [3.8, 4) is 0 Å². The summed E-state index contributed by atoms with van der Waals surface area (Å²) in [6.07, 6.45) is 0.964. The van der Waals surface area contributed by atoms with Gasteiger partial charge in [0.2, 0.25) is 0 Å². The third-order valence-corrected chi connectivity index (χ3v) is 3.24. The maximum Gasteiger partial charge on any atom is 0.126 e. The third-order valence-electron chi connectivity index (χ3n) is 3.24. The highest BCUT2D eigenvalue weighted by Gasteiger charge is 2.39. The first-order valence-electron chi connectivity index (χ1n) is 6.23. The van der Waals surface area contributed by atoms with E-state index in [4.69, 9.17) is 0 Å². The van der Waals surface area contributed by atoms with Crippen LogP contribution in [0.15, 0.2) is 18.2 Å². The number of halogens is 2. The van der Waals surface area contributed by atoms with Crippen LogP contribution >= 0.6 is 0 Å². The molecule has 0 aliphatic heterocycles. The highest BCUT2D eigenvalue weighted by Crippen LogP contribution is 2.47. The summed E-state index contributed by atoms with van der Waals surface area (Å²) in [6, 6.07) is 3.73. The van der Waals surface area contributed by atoms with E-state index < -0.39 is 0 Å². The number of benzene rings is 1. The van der Waals surface area contributed by atoms with Crippen LogP contribution in [-0.2, 0) is 0 Å². The molecule has 0 heterocycles. The molecule has 0 aromatic heterocycles. The highest BCUT2D eigenvalue weighted by molar-refractivity contribution is 5.28. The Labute approximate surface area is 101 Å². The Morgan fingerprint density at radius 1 is 1.35 bits per heavy atom. The average molecular weight is 239 g/mol. The zero-order chi connectivity index (χ0) is 12.4. The summed E-state index contributed by atoms with van der Waals surface area (Å²) in [5.74, 6) is 0.665. The maximum atomic E-state index is 13.5. The van der Waals surface area contributed by atoms with Crippen LogP contribution in [0.25, 0.3) is 0 Å². The first-order chi connectivity index (χ1) is 8.08. The van der Waals surface area contributed by atoms with Crippen molar-refractivity contribution in [2.75, 3.05) is 13.1 Å². The van der Waals surface area contributed by atoms with Crippen molar-refractivity contribution in [3.63, 3.8) is 0 Å². The van der Waals surface area contributed by atoms with Gasteiger partial charge in [0, 0.05) is 0 Å². The van der Waals surface area contributed by atoms with Gasteiger partial charge in [0.05, 0.1) is 0 Å². The van der Waals surface area contributed by atoms with E-state index in [1.165, 1.54) is 18.2 Å². The third kappa shape index (κ3) is 3.25. The molecule has 1 aliphatic rings. The Hall–Kier alpha value is -0.960. The molecule has 0 spiro atoms. The van der Waals surface area contributed by atoms with E-state index in [9.17, 15) is 8.78 Å². The van der Waals surface area contributed by atoms with Crippen LogP contribution in [0.4, 0.5) is 8.78 Å². The van der Waals surface area contributed by atoms with Gasteiger partial charge in [-0.2, -0.15) is 0 Å². The molecule has 2 unspecified atom stereocenters. The van der Waals surface area contributed by atoms with Crippen LogP contribution < -0.4 is 5.32 Å². The SMILES string of the molecule is CC(C)CNCC1CC1c1cc(F)ccc1F. The fourth-order valence-corrected chi connectivity index (χ4v) is 2.21. The van der Waals surface area contributed by atoms with E-state index in [1.54, 1.807) is 0 Å². The molecule has 0 bridgehead atoms. The second-order valence-electron chi connectivity index (χ2n) is 5.32. The van der Waals surface area contributed by atoms with Crippen LogP contribution in [0.5, 0.6) is 0 Å². The van der Waals surface area contributed by atoms with Gasteiger partial charge in [0.1, 0.15) is 11.6 Å². The monoisotopic (exact) mass is 239 g/mol. The normalized spacial score (nSPS) is 23.1. The zero-order valence-corrected chi connectivity index (χ0v) is 10.3. The predicted molar refractivity (Wildman–Crippen MR) is 64.9 cm³/mol. The number of nitrogens with one attached hydrogen (secondary N) is 1. The quantitative estimate of drug-likeness (QED) is 0.831. The molecule has 17 heavy (non-hydrogen) atoms. The molecule has 1 aromatic rings. The van der Waals surface area contributed by atoms with Crippen molar-refractivity contribution in [2.45, 2.75) is 26.2 Å². The lowest BCUT2D eigenvalue weighted by molar-refractivity contribution is 0.528. The molecule has 1 N–H and O–H groups in total. The largest absolute Gasteiger partial charge is 0.316 e. The Morgan fingerprint density at radius 2 is 2.12 bits per heavy atom. The Kier molecular flexibility index (Phi) is 3.77. The first-order valence-corrected chi connectivity index (χ1v) is 6.23. The lowest BCUT2D eigenvalue weighted by Gasteiger charge is -2.07. The van der Waals surface area contributed by atoms with Gasteiger partial charge in [-0.3, -0.25) is 0 Å². The molecule has 2 atom stereocenters. The van der Waals surface area contributed by atoms with E-state index in [2.05, 4.69) is 19.2 Å². The Balaban J connectivity index is 1.87. The van der Waals surface area contributed by atoms with E-state index in [1.807, 2.05) is 0 Å². The molecule has 1 aromatic carbocycles. The fraction of sp³-hybridized carbons (Fsp3) is 0.571. The van der Waals surface area contributed by atoms with Gasteiger partial charge in [0.25, 0.3) is 0 Å². The molecule has 1 aliphatic carbocycles. The number of rotatable bonds is 5. The Bertz CT molecular complexity index is 390. The molecule has 1 nitrogen and oxygen atoms in total. The molecule has 94 valence electrons. The lowest BCUT2D eigenvalue weighted by Crippen LogP contribution is -2.22. The summed E-state index contributed by atoms with van der Waals surface area (Å²) < 4.78 is 26.5. The number of hydrogen-bond acceptors (Lipinski definition) is 1. The molecule has 0 saturated heterocycles. The summed E-state index contributed by atoms with van der Waals surface area (Å²) in [5, 5.41) is 3.36. The van der Waals surface area contributed by atoms with E-state index >= 15 is 0 Å². The van der Waals surface area contributed by atoms with Crippen molar-refractivity contribution in [1.82, 2.24) is 5.32 Å². The molecular formula is C14H19F2N. The van der Waals surface area contributed by atoms with E-state index in [-0.39, 0.29) is 17.6 Å². The molecule has 0 radical (unpaired) electrons. The van der Waals surface area contributed by atoms with Crippen molar-refractivity contribution >= 4 is 0 Å². The first kappa shape index (κ1) is 12.5. The second kappa shape index (κ2) is 5.13. The van der Waals surface area contributed by atoms with Gasteiger partial charge in [-0.15, -0.1) is 0 Å². The van der Waals surface area contributed by atoms with Gasteiger partial charge >= 0.3 is 0 Å². The summed E-state index contributed by atoms with van der Waals surface area (Å²) in [5.41, 5.74) is 0.543. The van der Waals surface area contributed by atoms with Crippen molar-refractivity contribution in [3.05, 3.63) is 35.4 Å². The Morgan fingerprint density at radius 3 is 2.82 bits per heavy atom. The standard InChI is InChI=1S/C14H19F2N/c1-9(2)7-17-8-10-5-12(10)13-6-11(15)3-4-14(13)16/h3-4,6,9-10,12,17H,5,7-8H2,1-2H3. The molecule has 1 saturated carbocycles. The fourth-order valence-electron chi connectivity index (χ4n) is 2.21. The molecule has 3 heteroatoms. The second-order valence-corrected chi connectivity index (χ2v) is 5.32. The van der Waals surface area contributed by atoms with Crippen molar-refractivity contribution in [1.29, 1.82) is 0 Å². The van der Waals surface area contributed by atoms with Gasteiger partial charge in [-0.25, -0.2) is 8.78 Å². The lowest BCUT2D eigenvalue weighted by atomic mass is 10.1.